The zero-order valence-electron chi connectivity index (χ0n) is 10.6. The summed E-state index contributed by atoms with van der Waals surface area (Å²) in [7, 11) is -3.33. The van der Waals surface area contributed by atoms with E-state index in [1.807, 2.05) is 13.0 Å². The summed E-state index contributed by atoms with van der Waals surface area (Å²) in [6, 6.07) is 6.89. The van der Waals surface area contributed by atoms with Gasteiger partial charge in [-0.3, -0.25) is 9.71 Å². The molecule has 1 aromatic carbocycles. The minimum Gasteiger partial charge on any atom is -0.281 e. The quantitative estimate of drug-likeness (QED) is 0.920. The molecule has 1 aromatic heterocycles. The van der Waals surface area contributed by atoms with Crippen LogP contribution in [0.3, 0.4) is 0 Å². The Kier molecular flexibility index (Phi) is 4.27. The van der Waals surface area contributed by atoms with Crippen LogP contribution >= 0.6 is 11.6 Å². The highest BCUT2D eigenvalue weighted by atomic mass is 35.5. The third kappa shape index (κ3) is 3.36. The largest absolute Gasteiger partial charge is 0.281 e. The topological polar surface area (TPSA) is 59.1 Å². The Balaban J connectivity index is 2.39. The van der Waals surface area contributed by atoms with E-state index in [9.17, 15) is 8.42 Å². The van der Waals surface area contributed by atoms with Crippen LogP contribution in [0.15, 0.2) is 30.5 Å². The second-order valence-corrected chi connectivity index (χ2v) is 6.52. The van der Waals surface area contributed by atoms with E-state index in [-0.39, 0.29) is 5.75 Å². The number of rotatable bonds is 5. The minimum atomic E-state index is -3.33. The van der Waals surface area contributed by atoms with Crippen molar-refractivity contribution in [2.45, 2.75) is 19.8 Å². The van der Waals surface area contributed by atoms with Gasteiger partial charge in [0.25, 0.3) is 0 Å². The molecular weight excluding hydrogens is 284 g/mol. The summed E-state index contributed by atoms with van der Waals surface area (Å²) < 4.78 is 26.4. The fourth-order valence-electron chi connectivity index (χ4n) is 1.77. The van der Waals surface area contributed by atoms with Crippen LogP contribution in [-0.2, 0) is 10.0 Å². The van der Waals surface area contributed by atoms with E-state index in [2.05, 4.69) is 9.71 Å². The number of aromatic nitrogens is 1. The third-order valence-corrected chi connectivity index (χ3v) is 4.44. The molecule has 6 heteroatoms. The van der Waals surface area contributed by atoms with Crippen LogP contribution in [0.5, 0.6) is 0 Å². The number of halogens is 1. The molecule has 0 spiro atoms. The lowest BCUT2D eigenvalue weighted by molar-refractivity contribution is 0.598. The van der Waals surface area contributed by atoms with Crippen LogP contribution in [0, 0.1) is 0 Å². The Morgan fingerprint density at radius 2 is 2.11 bits per heavy atom. The number of fused-ring (bicyclic) bond motifs is 1. The molecule has 2 rings (SSSR count). The van der Waals surface area contributed by atoms with Crippen LogP contribution in [0.1, 0.15) is 19.8 Å². The number of unbranched alkanes of at least 4 members (excludes halogenated alkanes) is 1. The molecule has 1 N–H and O–H groups in total. The molecule has 0 bridgehead atoms. The third-order valence-electron chi connectivity index (χ3n) is 2.75. The number of anilines is 1. The first-order valence-corrected chi connectivity index (χ1v) is 8.10. The van der Waals surface area contributed by atoms with E-state index in [1.54, 1.807) is 24.4 Å². The number of hydrogen-bond acceptors (Lipinski definition) is 3. The van der Waals surface area contributed by atoms with Crippen LogP contribution in [0.25, 0.3) is 10.9 Å². The Hall–Kier alpha value is -1.33. The molecular formula is C13H15ClN2O2S. The van der Waals surface area contributed by atoms with Crippen molar-refractivity contribution in [3.8, 4) is 0 Å². The van der Waals surface area contributed by atoms with Crippen molar-refractivity contribution in [3.63, 3.8) is 0 Å². The minimum absolute atomic E-state index is 0.112. The van der Waals surface area contributed by atoms with Gasteiger partial charge in [0.1, 0.15) is 0 Å². The first-order chi connectivity index (χ1) is 9.03. The van der Waals surface area contributed by atoms with Gasteiger partial charge in [-0.25, -0.2) is 8.42 Å². The average Bonchev–Trinajstić information content (AvgIpc) is 2.40. The lowest BCUT2D eigenvalue weighted by Gasteiger charge is -2.10. The Morgan fingerprint density at radius 3 is 2.84 bits per heavy atom. The molecule has 0 aliphatic heterocycles. The standard InChI is InChI=1S/C13H15ClN2O2S/c1-2-3-9-19(17,18)16-12-7-6-11(14)10-5-4-8-15-13(10)12/h4-8,16H,2-3,9H2,1H3. The molecule has 0 unspecified atom stereocenters. The number of nitrogens with one attached hydrogen (secondary N) is 1. The molecule has 1 heterocycles. The van der Waals surface area contributed by atoms with Crippen molar-refractivity contribution in [3.05, 3.63) is 35.5 Å². The molecule has 0 amide bonds. The molecule has 2 aromatic rings. The molecule has 4 nitrogen and oxygen atoms in total. The number of hydrogen-bond donors (Lipinski definition) is 1. The van der Waals surface area contributed by atoms with Crippen LogP contribution < -0.4 is 4.72 Å². The maximum atomic E-state index is 11.9. The van der Waals surface area contributed by atoms with Gasteiger partial charge in [0, 0.05) is 11.6 Å². The van der Waals surface area contributed by atoms with Crippen molar-refractivity contribution in [2.24, 2.45) is 0 Å². The van der Waals surface area contributed by atoms with Gasteiger partial charge < -0.3 is 0 Å². The van der Waals surface area contributed by atoms with Gasteiger partial charge in [0.05, 0.1) is 22.0 Å². The van der Waals surface area contributed by atoms with Gasteiger partial charge in [-0.2, -0.15) is 0 Å². The number of sulfonamides is 1. The monoisotopic (exact) mass is 298 g/mol. The predicted molar refractivity (Wildman–Crippen MR) is 79.1 cm³/mol. The van der Waals surface area contributed by atoms with Gasteiger partial charge in [-0.1, -0.05) is 24.9 Å². The summed E-state index contributed by atoms with van der Waals surface area (Å²) in [5.74, 6) is 0.112. The highest BCUT2D eigenvalue weighted by molar-refractivity contribution is 7.92. The lowest BCUT2D eigenvalue weighted by Crippen LogP contribution is -2.16. The molecule has 0 atom stereocenters. The zero-order chi connectivity index (χ0) is 13.9. The highest BCUT2D eigenvalue weighted by Crippen LogP contribution is 2.28. The molecule has 0 saturated carbocycles. The lowest BCUT2D eigenvalue weighted by atomic mass is 10.2. The van der Waals surface area contributed by atoms with Crippen LogP contribution in [0.2, 0.25) is 5.02 Å². The molecule has 102 valence electrons. The van der Waals surface area contributed by atoms with Crippen LogP contribution in [-0.4, -0.2) is 19.2 Å². The highest BCUT2D eigenvalue weighted by Gasteiger charge is 2.13. The average molecular weight is 299 g/mol. The van der Waals surface area contributed by atoms with Gasteiger partial charge in [-0.15, -0.1) is 0 Å². The van der Waals surface area contributed by atoms with Gasteiger partial charge in [-0.05, 0) is 30.7 Å². The molecule has 0 aliphatic rings. The maximum absolute atomic E-state index is 11.9. The van der Waals surface area contributed by atoms with Crippen molar-refractivity contribution < 1.29 is 8.42 Å². The van der Waals surface area contributed by atoms with E-state index >= 15 is 0 Å². The summed E-state index contributed by atoms with van der Waals surface area (Å²) >= 11 is 6.07. The Bertz CT molecular complexity index is 686. The van der Waals surface area contributed by atoms with Crippen molar-refractivity contribution in [1.82, 2.24) is 4.98 Å². The number of benzene rings is 1. The summed E-state index contributed by atoms with van der Waals surface area (Å²) in [6.45, 7) is 1.95. The number of pyridine rings is 1. The maximum Gasteiger partial charge on any atom is 0.232 e. The molecule has 0 aliphatic carbocycles. The SMILES string of the molecule is CCCCS(=O)(=O)Nc1ccc(Cl)c2cccnc12. The second-order valence-electron chi connectivity index (χ2n) is 4.27. The van der Waals surface area contributed by atoms with Crippen molar-refractivity contribution in [1.29, 1.82) is 0 Å². The fraction of sp³-hybridized carbons (Fsp3) is 0.308. The van der Waals surface area contributed by atoms with E-state index in [4.69, 9.17) is 11.6 Å². The first-order valence-electron chi connectivity index (χ1n) is 6.07. The fourth-order valence-corrected chi connectivity index (χ4v) is 3.26. The van der Waals surface area contributed by atoms with Gasteiger partial charge in [0.15, 0.2) is 0 Å². The Labute approximate surface area is 117 Å². The molecule has 0 saturated heterocycles. The van der Waals surface area contributed by atoms with Gasteiger partial charge >= 0.3 is 0 Å². The molecule has 0 radical (unpaired) electrons. The molecule has 0 fully saturated rings. The summed E-state index contributed by atoms with van der Waals surface area (Å²) in [5, 5.41) is 1.29. The van der Waals surface area contributed by atoms with E-state index < -0.39 is 10.0 Å². The van der Waals surface area contributed by atoms with Crippen LogP contribution in [0.4, 0.5) is 5.69 Å². The van der Waals surface area contributed by atoms with E-state index in [0.717, 1.165) is 11.8 Å². The van der Waals surface area contributed by atoms with Gasteiger partial charge in [0.2, 0.25) is 10.0 Å². The summed E-state index contributed by atoms with van der Waals surface area (Å²) in [6.07, 6.45) is 3.08. The van der Waals surface area contributed by atoms with E-state index in [1.165, 1.54) is 0 Å². The Morgan fingerprint density at radius 1 is 1.32 bits per heavy atom. The van der Waals surface area contributed by atoms with Crippen molar-refractivity contribution >= 4 is 38.2 Å². The second kappa shape index (κ2) is 5.75. The van der Waals surface area contributed by atoms with E-state index in [0.29, 0.717) is 22.6 Å². The first kappa shape index (κ1) is 14.1. The smallest absolute Gasteiger partial charge is 0.232 e. The predicted octanol–water partition coefficient (Wildman–Crippen LogP) is 3.43. The number of nitrogens with zero attached hydrogens (tertiary/aromatic N) is 1. The summed E-state index contributed by atoms with van der Waals surface area (Å²) in [5.41, 5.74) is 1.03. The summed E-state index contributed by atoms with van der Waals surface area (Å²) in [4.78, 5) is 4.20. The normalized spacial score (nSPS) is 11.7. The van der Waals surface area contributed by atoms with Crippen molar-refractivity contribution in [2.75, 3.05) is 10.5 Å². The zero-order valence-corrected chi connectivity index (χ0v) is 12.1. The molecule has 19 heavy (non-hydrogen) atoms.